The van der Waals surface area contributed by atoms with Gasteiger partial charge in [0, 0.05) is 6.54 Å². The van der Waals surface area contributed by atoms with Gasteiger partial charge in [-0.1, -0.05) is 43.1 Å². The molecule has 1 atom stereocenters. The third kappa shape index (κ3) is 3.83. The Morgan fingerprint density at radius 2 is 1.94 bits per heavy atom. The Morgan fingerprint density at radius 1 is 1.33 bits per heavy atom. The Labute approximate surface area is 117 Å². The Kier molecular flexibility index (Phi) is 5.43. The fourth-order valence-electron chi connectivity index (χ4n) is 1.20. The minimum absolute atomic E-state index is 0.0225. The van der Waals surface area contributed by atoms with E-state index in [1.54, 1.807) is 13.8 Å². The second-order valence-corrected chi connectivity index (χ2v) is 6.74. The van der Waals surface area contributed by atoms with Crippen LogP contribution in [0.25, 0.3) is 0 Å². The lowest BCUT2D eigenvalue weighted by Crippen LogP contribution is -2.34. The molecule has 0 aliphatic rings. The van der Waals surface area contributed by atoms with E-state index in [0.717, 1.165) is 0 Å². The molecule has 1 aromatic rings. The number of halogens is 2. The molecular formula is C11H15Cl2NO3S. The maximum atomic E-state index is 12.0. The van der Waals surface area contributed by atoms with Crippen LogP contribution in [0.1, 0.15) is 13.8 Å². The second kappa shape index (κ2) is 6.21. The summed E-state index contributed by atoms with van der Waals surface area (Å²) >= 11 is 11.6. The van der Waals surface area contributed by atoms with Crippen molar-refractivity contribution in [2.45, 2.75) is 24.8 Å². The van der Waals surface area contributed by atoms with Crippen LogP contribution in [0.5, 0.6) is 0 Å². The smallest absolute Gasteiger partial charge is 0.242 e. The number of hydrogen-bond donors (Lipinski definition) is 2. The Hall–Kier alpha value is -0.330. The van der Waals surface area contributed by atoms with Crippen LogP contribution in [0.3, 0.4) is 0 Å². The standard InChI is InChI=1S/C11H15Cl2NO3S/c1-7(2)9(15)6-14-18(16,17)10-5-3-4-8(12)11(10)13/h3-5,7,9,14-15H,6H2,1-2H3. The minimum Gasteiger partial charge on any atom is -0.391 e. The Morgan fingerprint density at radius 3 is 2.50 bits per heavy atom. The van der Waals surface area contributed by atoms with E-state index >= 15 is 0 Å². The number of aliphatic hydroxyl groups is 1. The summed E-state index contributed by atoms with van der Waals surface area (Å²) in [4.78, 5) is -0.0902. The Balaban J connectivity index is 2.91. The van der Waals surface area contributed by atoms with Gasteiger partial charge in [-0.05, 0) is 18.1 Å². The molecule has 1 unspecified atom stereocenters. The van der Waals surface area contributed by atoms with Crippen molar-refractivity contribution in [3.63, 3.8) is 0 Å². The predicted octanol–water partition coefficient (Wildman–Crippen LogP) is 2.29. The average molecular weight is 312 g/mol. The molecule has 0 fully saturated rings. The van der Waals surface area contributed by atoms with E-state index in [9.17, 15) is 13.5 Å². The second-order valence-electron chi connectivity index (χ2n) is 4.22. The first-order valence-electron chi connectivity index (χ1n) is 5.37. The number of benzene rings is 1. The van der Waals surface area contributed by atoms with Crippen LogP contribution in [0.2, 0.25) is 10.0 Å². The summed E-state index contributed by atoms with van der Waals surface area (Å²) in [6.45, 7) is 3.53. The Bertz CT molecular complexity index is 517. The van der Waals surface area contributed by atoms with Crippen LogP contribution < -0.4 is 4.72 Å². The molecule has 0 amide bonds. The third-order valence-corrected chi connectivity index (χ3v) is 4.85. The molecule has 0 aliphatic carbocycles. The van der Waals surface area contributed by atoms with Crippen molar-refractivity contribution in [3.8, 4) is 0 Å². The maximum Gasteiger partial charge on any atom is 0.242 e. The number of rotatable bonds is 5. The van der Waals surface area contributed by atoms with Gasteiger partial charge in [-0.2, -0.15) is 0 Å². The van der Waals surface area contributed by atoms with E-state index in [4.69, 9.17) is 23.2 Å². The van der Waals surface area contributed by atoms with E-state index in [1.807, 2.05) is 0 Å². The van der Waals surface area contributed by atoms with Crippen LogP contribution >= 0.6 is 23.2 Å². The zero-order valence-corrected chi connectivity index (χ0v) is 12.4. The summed E-state index contributed by atoms with van der Waals surface area (Å²) in [6.07, 6.45) is -0.752. The third-order valence-electron chi connectivity index (χ3n) is 2.46. The largest absolute Gasteiger partial charge is 0.391 e. The molecule has 7 heteroatoms. The van der Waals surface area contributed by atoms with E-state index in [-0.39, 0.29) is 27.4 Å². The first-order chi connectivity index (χ1) is 8.25. The summed E-state index contributed by atoms with van der Waals surface area (Å²) in [5.74, 6) is -0.0393. The highest BCUT2D eigenvalue weighted by atomic mass is 35.5. The number of sulfonamides is 1. The quantitative estimate of drug-likeness (QED) is 0.876. The summed E-state index contributed by atoms with van der Waals surface area (Å²) in [5, 5.41) is 9.72. The van der Waals surface area contributed by atoms with Crippen molar-refractivity contribution >= 4 is 33.2 Å². The monoisotopic (exact) mass is 311 g/mol. The summed E-state index contributed by atoms with van der Waals surface area (Å²) < 4.78 is 26.2. The summed E-state index contributed by atoms with van der Waals surface area (Å²) in [5.41, 5.74) is 0. The molecule has 0 saturated heterocycles. The molecule has 0 bridgehead atoms. The molecule has 0 aliphatic heterocycles. The summed E-state index contributed by atoms with van der Waals surface area (Å²) in [6, 6.07) is 4.37. The topological polar surface area (TPSA) is 66.4 Å². The van der Waals surface area contributed by atoms with Gasteiger partial charge in [0.15, 0.2) is 0 Å². The highest BCUT2D eigenvalue weighted by molar-refractivity contribution is 7.89. The van der Waals surface area contributed by atoms with Crippen molar-refractivity contribution in [2.75, 3.05) is 6.54 Å². The van der Waals surface area contributed by atoms with Crippen LogP contribution in [0, 0.1) is 5.92 Å². The molecule has 0 spiro atoms. The van der Waals surface area contributed by atoms with Crippen molar-refractivity contribution < 1.29 is 13.5 Å². The van der Waals surface area contributed by atoms with Gasteiger partial charge in [0.1, 0.15) is 4.90 Å². The lowest BCUT2D eigenvalue weighted by atomic mass is 10.1. The van der Waals surface area contributed by atoms with Gasteiger partial charge >= 0.3 is 0 Å². The van der Waals surface area contributed by atoms with Crippen molar-refractivity contribution in [3.05, 3.63) is 28.2 Å². The van der Waals surface area contributed by atoms with Gasteiger partial charge in [-0.3, -0.25) is 0 Å². The SMILES string of the molecule is CC(C)C(O)CNS(=O)(=O)c1cccc(Cl)c1Cl. The first-order valence-corrected chi connectivity index (χ1v) is 7.61. The molecule has 4 nitrogen and oxygen atoms in total. The molecule has 0 radical (unpaired) electrons. The van der Waals surface area contributed by atoms with E-state index in [1.165, 1.54) is 18.2 Å². The van der Waals surface area contributed by atoms with Crippen LogP contribution in [-0.2, 0) is 10.0 Å². The van der Waals surface area contributed by atoms with Crippen LogP contribution in [-0.4, -0.2) is 26.2 Å². The molecular weight excluding hydrogens is 297 g/mol. The maximum absolute atomic E-state index is 12.0. The van der Waals surface area contributed by atoms with Crippen molar-refractivity contribution in [2.24, 2.45) is 5.92 Å². The van der Waals surface area contributed by atoms with E-state index in [2.05, 4.69) is 4.72 Å². The normalized spacial score (nSPS) is 13.9. The minimum atomic E-state index is -3.77. The number of nitrogens with one attached hydrogen (secondary N) is 1. The van der Waals surface area contributed by atoms with E-state index < -0.39 is 16.1 Å². The predicted molar refractivity (Wildman–Crippen MR) is 72.5 cm³/mol. The van der Waals surface area contributed by atoms with Crippen molar-refractivity contribution in [1.82, 2.24) is 4.72 Å². The molecule has 18 heavy (non-hydrogen) atoms. The van der Waals surface area contributed by atoms with Crippen LogP contribution in [0.4, 0.5) is 0 Å². The van der Waals surface area contributed by atoms with E-state index in [0.29, 0.717) is 0 Å². The van der Waals surface area contributed by atoms with Gasteiger partial charge in [-0.15, -0.1) is 0 Å². The molecule has 1 aromatic carbocycles. The van der Waals surface area contributed by atoms with Gasteiger partial charge in [-0.25, -0.2) is 13.1 Å². The van der Waals surface area contributed by atoms with Gasteiger partial charge < -0.3 is 5.11 Å². The zero-order chi connectivity index (χ0) is 13.9. The van der Waals surface area contributed by atoms with Crippen molar-refractivity contribution in [1.29, 1.82) is 0 Å². The van der Waals surface area contributed by atoms with Gasteiger partial charge in [0.05, 0.1) is 16.1 Å². The van der Waals surface area contributed by atoms with Gasteiger partial charge in [0.25, 0.3) is 0 Å². The fourth-order valence-corrected chi connectivity index (χ4v) is 3.01. The number of hydrogen-bond acceptors (Lipinski definition) is 3. The highest BCUT2D eigenvalue weighted by Gasteiger charge is 2.21. The zero-order valence-electron chi connectivity index (χ0n) is 10.0. The number of aliphatic hydroxyl groups excluding tert-OH is 1. The molecule has 0 heterocycles. The lowest BCUT2D eigenvalue weighted by molar-refractivity contribution is 0.129. The lowest BCUT2D eigenvalue weighted by Gasteiger charge is -2.15. The molecule has 0 saturated carbocycles. The molecule has 1 rings (SSSR count). The average Bonchev–Trinajstić information content (AvgIpc) is 2.29. The molecule has 102 valence electrons. The fraction of sp³-hybridized carbons (Fsp3) is 0.455. The molecule has 0 aromatic heterocycles. The summed E-state index contributed by atoms with van der Waals surface area (Å²) in [7, 11) is -3.77. The van der Waals surface area contributed by atoms with Crippen LogP contribution in [0.15, 0.2) is 23.1 Å². The first kappa shape index (κ1) is 15.7. The van der Waals surface area contributed by atoms with Gasteiger partial charge in [0.2, 0.25) is 10.0 Å². The highest BCUT2D eigenvalue weighted by Crippen LogP contribution is 2.28. The molecule has 2 N–H and O–H groups in total.